The van der Waals surface area contributed by atoms with Crippen molar-refractivity contribution in [1.29, 1.82) is 5.41 Å². The average molecular weight is 367 g/mol. The van der Waals surface area contributed by atoms with E-state index in [4.69, 9.17) is 11.1 Å². The highest BCUT2D eigenvalue weighted by Gasteiger charge is 2.08. The number of carbonyl (C=O) groups excluding carboxylic acids is 1. The molecule has 2 heterocycles. The van der Waals surface area contributed by atoms with E-state index in [2.05, 4.69) is 10.3 Å². The van der Waals surface area contributed by atoms with Gasteiger partial charge in [-0.1, -0.05) is 18.2 Å². The molecule has 3 rings (SSSR count). The zero-order valence-electron chi connectivity index (χ0n) is 15.2. The molecule has 0 saturated carbocycles. The number of nitrogens with two attached hydrogens (primary N) is 1. The van der Waals surface area contributed by atoms with Gasteiger partial charge in [0.2, 0.25) is 0 Å². The number of aldehydes is 1. The first-order valence-corrected chi connectivity index (χ1v) is 8.28. The highest BCUT2D eigenvalue weighted by atomic mass is 19.1. The molecule has 2 aromatic heterocycles. The molecular formula is C20H22FN5O. The van der Waals surface area contributed by atoms with Gasteiger partial charge in [-0.3, -0.25) is 4.79 Å². The Kier molecular flexibility index (Phi) is 6.96. The number of nitrogens with one attached hydrogen (secondary N) is 2. The number of hydrogen-bond donors (Lipinski definition) is 3. The molecule has 4 N–H and O–H groups in total. The summed E-state index contributed by atoms with van der Waals surface area (Å²) in [5, 5.41) is 11.0. The number of rotatable bonds is 5. The number of hydrogen-bond acceptors (Lipinski definition) is 5. The fourth-order valence-corrected chi connectivity index (χ4v) is 2.53. The van der Waals surface area contributed by atoms with Crippen LogP contribution < -0.4 is 11.1 Å². The minimum Gasteiger partial charge on any atom is -0.404 e. The van der Waals surface area contributed by atoms with E-state index in [9.17, 15) is 9.18 Å². The Bertz CT molecular complexity index is 978. The molecule has 7 heteroatoms. The first-order valence-electron chi connectivity index (χ1n) is 8.28. The smallest absolute Gasteiger partial charge is 0.166 e. The van der Waals surface area contributed by atoms with Crippen molar-refractivity contribution in [1.82, 2.24) is 14.9 Å². The second kappa shape index (κ2) is 9.40. The summed E-state index contributed by atoms with van der Waals surface area (Å²) in [6.07, 6.45) is 3.28. The maximum atomic E-state index is 12.7. The molecule has 0 fully saturated rings. The van der Waals surface area contributed by atoms with E-state index < -0.39 is 0 Å². The third-order valence-corrected chi connectivity index (χ3v) is 3.99. The van der Waals surface area contributed by atoms with Gasteiger partial charge in [0.25, 0.3) is 0 Å². The summed E-state index contributed by atoms with van der Waals surface area (Å²) in [5.74, 6) is -0.142. The van der Waals surface area contributed by atoms with Crippen LogP contribution in [0.2, 0.25) is 0 Å². The van der Waals surface area contributed by atoms with Crippen LogP contribution in [0, 0.1) is 11.2 Å². The van der Waals surface area contributed by atoms with Gasteiger partial charge in [-0.05, 0) is 31.3 Å². The molecule has 0 radical (unpaired) electrons. The molecule has 140 valence electrons. The third-order valence-electron chi connectivity index (χ3n) is 3.99. The van der Waals surface area contributed by atoms with Crippen LogP contribution in [-0.4, -0.2) is 29.1 Å². The van der Waals surface area contributed by atoms with Crippen LogP contribution in [0.25, 0.3) is 16.6 Å². The average Bonchev–Trinajstić information content (AvgIpc) is 3.01. The summed E-state index contributed by atoms with van der Waals surface area (Å²) in [4.78, 5) is 15.2. The summed E-state index contributed by atoms with van der Waals surface area (Å²) in [5.41, 5.74) is 8.55. The van der Waals surface area contributed by atoms with Crippen molar-refractivity contribution in [2.24, 2.45) is 12.8 Å². The topological polar surface area (TPSA) is 96.8 Å². The molecule has 0 aliphatic carbocycles. The van der Waals surface area contributed by atoms with Gasteiger partial charge in [0.1, 0.15) is 11.5 Å². The molecule has 0 spiro atoms. The molecule has 0 unspecified atom stereocenters. The van der Waals surface area contributed by atoms with E-state index in [1.807, 2.05) is 12.1 Å². The Morgan fingerprint density at radius 3 is 2.67 bits per heavy atom. The number of pyridine rings is 1. The molecule has 0 atom stereocenters. The van der Waals surface area contributed by atoms with Crippen molar-refractivity contribution in [2.45, 2.75) is 6.54 Å². The molecular weight excluding hydrogens is 345 g/mol. The fourth-order valence-electron chi connectivity index (χ4n) is 2.53. The largest absolute Gasteiger partial charge is 0.404 e. The van der Waals surface area contributed by atoms with Crippen LogP contribution >= 0.6 is 0 Å². The Balaban J connectivity index is 0.000000223. The summed E-state index contributed by atoms with van der Waals surface area (Å²) >= 11 is 0. The molecule has 0 aliphatic heterocycles. The number of benzene rings is 1. The lowest BCUT2D eigenvalue weighted by atomic mass is 10.2. The number of allylic oxidation sites excluding steroid dienone is 1. The zero-order valence-corrected chi connectivity index (χ0v) is 15.2. The molecule has 1 aromatic carbocycles. The van der Waals surface area contributed by atoms with Crippen LogP contribution in [0.5, 0.6) is 0 Å². The van der Waals surface area contributed by atoms with E-state index in [1.165, 1.54) is 12.3 Å². The molecule has 0 amide bonds. The number of aromatic nitrogens is 2. The van der Waals surface area contributed by atoms with Crippen molar-refractivity contribution in [3.8, 4) is 0 Å². The molecule has 6 nitrogen and oxygen atoms in total. The Morgan fingerprint density at radius 2 is 2.07 bits per heavy atom. The summed E-state index contributed by atoms with van der Waals surface area (Å²) < 4.78 is 14.4. The number of nitrogens with zero attached hydrogens (tertiary/aromatic N) is 2. The van der Waals surface area contributed by atoms with Gasteiger partial charge in [-0.25, -0.2) is 9.37 Å². The predicted molar refractivity (Wildman–Crippen MR) is 106 cm³/mol. The Morgan fingerprint density at radius 1 is 1.33 bits per heavy atom. The van der Waals surface area contributed by atoms with Crippen molar-refractivity contribution in [3.63, 3.8) is 0 Å². The normalized spacial score (nSPS) is 11.0. The van der Waals surface area contributed by atoms with E-state index in [0.29, 0.717) is 34.7 Å². The van der Waals surface area contributed by atoms with Gasteiger partial charge in [0.05, 0.1) is 11.4 Å². The molecule has 0 aliphatic rings. The van der Waals surface area contributed by atoms with Crippen molar-refractivity contribution in [2.75, 3.05) is 7.05 Å². The standard InChI is InChI=1S/C12H12N4O.C8H10FN/c1-16-10(7-17)4-8-2-3-11(15-12(8)16)9(5-13)6-14;1-10-6-7-4-2-3-5-8(7)9/h2-7,13H,14H2,1H3;2-5,10H,6H2,1H3/b9-6+,13-5?;. The van der Waals surface area contributed by atoms with E-state index in [1.54, 1.807) is 42.9 Å². The minimum absolute atomic E-state index is 0.142. The van der Waals surface area contributed by atoms with Crippen molar-refractivity contribution in [3.05, 3.63) is 71.4 Å². The van der Waals surface area contributed by atoms with Gasteiger partial charge in [-0.2, -0.15) is 0 Å². The van der Waals surface area contributed by atoms with Crippen molar-refractivity contribution < 1.29 is 9.18 Å². The van der Waals surface area contributed by atoms with Crippen molar-refractivity contribution >= 4 is 29.1 Å². The van der Waals surface area contributed by atoms with Crippen LogP contribution in [0.4, 0.5) is 4.39 Å². The van der Waals surface area contributed by atoms with Gasteiger partial charge in [0.15, 0.2) is 6.29 Å². The maximum Gasteiger partial charge on any atom is 0.166 e. The molecule has 0 bridgehead atoms. The van der Waals surface area contributed by atoms with E-state index in [0.717, 1.165) is 17.9 Å². The second-order valence-electron chi connectivity index (χ2n) is 5.74. The first kappa shape index (κ1) is 20.0. The molecule has 3 aromatic rings. The van der Waals surface area contributed by atoms with Crippen LogP contribution in [-0.2, 0) is 13.6 Å². The fraction of sp³-hybridized carbons (Fsp3) is 0.150. The monoisotopic (exact) mass is 367 g/mol. The highest BCUT2D eigenvalue weighted by molar-refractivity contribution is 6.07. The van der Waals surface area contributed by atoms with Crippen LogP contribution in [0.1, 0.15) is 21.7 Å². The van der Waals surface area contributed by atoms with Gasteiger partial charge in [0, 0.05) is 42.5 Å². The quantitative estimate of drug-likeness (QED) is 0.477. The Labute approximate surface area is 157 Å². The van der Waals surface area contributed by atoms with Gasteiger partial charge < -0.3 is 21.0 Å². The number of fused-ring (bicyclic) bond motifs is 1. The first-order chi connectivity index (χ1) is 13.0. The number of carbonyl (C=O) groups is 1. The van der Waals surface area contributed by atoms with Gasteiger partial charge in [-0.15, -0.1) is 0 Å². The van der Waals surface area contributed by atoms with E-state index >= 15 is 0 Å². The Hall–Kier alpha value is -3.32. The zero-order chi connectivity index (χ0) is 19.8. The molecule has 0 saturated heterocycles. The summed E-state index contributed by atoms with van der Waals surface area (Å²) in [6, 6.07) is 12.2. The lowest BCUT2D eigenvalue weighted by Gasteiger charge is -2.02. The third kappa shape index (κ3) is 4.65. The second-order valence-corrected chi connectivity index (χ2v) is 5.74. The summed E-state index contributed by atoms with van der Waals surface area (Å²) in [6.45, 7) is 0.590. The number of aryl methyl sites for hydroxylation is 1. The highest BCUT2D eigenvalue weighted by Crippen LogP contribution is 2.18. The maximum absolute atomic E-state index is 12.7. The predicted octanol–water partition coefficient (Wildman–Crippen LogP) is 2.88. The number of halogens is 1. The minimum atomic E-state index is -0.142. The van der Waals surface area contributed by atoms with E-state index in [-0.39, 0.29) is 5.82 Å². The van der Waals surface area contributed by atoms with Crippen LogP contribution in [0.3, 0.4) is 0 Å². The summed E-state index contributed by atoms with van der Waals surface area (Å²) in [7, 11) is 3.57. The SMILES string of the molecule is CNCc1ccccc1F.Cn1c(C=O)cc2ccc(/C(C=N)=C/N)nc21. The molecule has 27 heavy (non-hydrogen) atoms. The van der Waals surface area contributed by atoms with Crippen LogP contribution in [0.15, 0.2) is 48.7 Å². The lowest BCUT2D eigenvalue weighted by Crippen LogP contribution is -2.06. The van der Waals surface area contributed by atoms with Gasteiger partial charge >= 0.3 is 0 Å². The lowest BCUT2D eigenvalue weighted by molar-refractivity contribution is 0.111.